The molecule has 276 valence electrons. The molecule has 0 saturated heterocycles. The zero-order chi connectivity index (χ0) is 38.2. The Morgan fingerprint density at radius 1 is 0.904 bits per heavy atom. The first-order chi connectivity index (χ1) is 24.3. The van der Waals surface area contributed by atoms with E-state index in [4.69, 9.17) is 19.2 Å². The van der Waals surface area contributed by atoms with Gasteiger partial charge in [0.25, 0.3) is 0 Å². The molecule has 0 bridgehead atoms. The maximum atomic E-state index is 13.1. The summed E-state index contributed by atoms with van der Waals surface area (Å²) in [6.45, 7) is 25.1. The van der Waals surface area contributed by atoms with Crippen LogP contribution in [0.3, 0.4) is 0 Å². The molecule has 0 fully saturated rings. The minimum Gasteiger partial charge on any atom is -0.468 e. The average Bonchev–Trinajstić information content (AvgIpc) is 3.06. The SMILES string of the molecule is CC/N=C1\C=C2C(=C(c3ccc(C(=O)OC(C)(C)C)cc3C)c3ccc(N(C)c4ccc(OCOC)cc4)cc3[Si]2(C)C)C=C1C(C)CC(C)(C)C. The molecule has 1 heterocycles. The summed E-state index contributed by atoms with van der Waals surface area (Å²) in [5.74, 6) is 0.799. The van der Waals surface area contributed by atoms with Crippen molar-refractivity contribution in [3.63, 3.8) is 0 Å². The van der Waals surface area contributed by atoms with E-state index < -0.39 is 13.7 Å². The smallest absolute Gasteiger partial charge is 0.338 e. The quantitative estimate of drug-likeness (QED) is 0.119. The van der Waals surface area contributed by atoms with Crippen LogP contribution >= 0.6 is 0 Å². The molecule has 0 aromatic heterocycles. The second-order valence-corrected chi connectivity index (χ2v) is 21.3. The number of rotatable bonds is 10. The molecule has 0 saturated carbocycles. The van der Waals surface area contributed by atoms with Crippen LogP contribution in [0, 0.1) is 18.3 Å². The van der Waals surface area contributed by atoms with Gasteiger partial charge in [0, 0.05) is 32.1 Å². The fraction of sp³-hybridized carbons (Fsp3) is 0.422. The number of hydrogen-bond donors (Lipinski definition) is 0. The van der Waals surface area contributed by atoms with E-state index >= 15 is 0 Å². The van der Waals surface area contributed by atoms with Gasteiger partial charge in [0.2, 0.25) is 0 Å². The predicted molar refractivity (Wildman–Crippen MR) is 220 cm³/mol. The highest BCUT2D eigenvalue weighted by atomic mass is 28.3. The number of methoxy groups -OCH3 is 1. The molecule has 1 unspecified atom stereocenters. The minimum absolute atomic E-state index is 0.180. The summed E-state index contributed by atoms with van der Waals surface area (Å²) >= 11 is 0. The summed E-state index contributed by atoms with van der Waals surface area (Å²) in [7, 11) is 1.47. The normalized spacial score (nSPS) is 16.8. The Morgan fingerprint density at radius 3 is 2.15 bits per heavy atom. The maximum Gasteiger partial charge on any atom is 0.338 e. The number of fused-ring (bicyclic) bond motifs is 2. The molecule has 1 atom stereocenters. The van der Waals surface area contributed by atoms with Gasteiger partial charge in [-0.15, -0.1) is 0 Å². The second-order valence-electron chi connectivity index (χ2n) is 17.0. The van der Waals surface area contributed by atoms with Gasteiger partial charge in [0.1, 0.15) is 19.4 Å². The topological polar surface area (TPSA) is 60.4 Å². The molecule has 52 heavy (non-hydrogen) atoms. The van der Waals surface area contributed by atoms with E-state index in [1.807, 2.05) is 45.0 Å². The number of nitrogens with zero attached hydrogens (tertiary/aromatic N) is 2. The van der Waals surface area contributed by atoms with E-state index in [0.29, 0.717) is 11.5 Å². The molecule has 0 amide bonds. The molecule has 1 aliphatic carbocycles. The number of anilines is 2. The molecule has 3 aromatic carbocycles. The van der Waals surface area contributed by atoms with Crippen molar-refractivity contribution >= 4 is 41.9 Å². The van der Waals surface area contributed by atoms with Crippen LogP contribution in [0.5, 0.6) is 5.75 Å². The van der Waals surface area contributed by atoms with Gasteiger partial charge in [-0.3, -0.25) is 4.99 Å². The standard InChI is InChI=1S/C45H58N2O4Si/c1-14-46-39-26-41-38(25-37(39)30(3)27-44(4,5)6)42(35-21-15-31(23-29(35)2)43(48)51-45(7,8)9)36-22-18-33(24-40(36)52(41,12)13)47(10)32-16-19-34(20-17-32)50-28-49-11/h15-26,30H,14,27-28H2,1-13H3/b46-39+. The lowest BCUT2D eigenvalue weighted by molar-refractivity contribution is 0.00693. The number of ether oxygens (including phenoxy) is 3. The van der Waals surface area contributed by atoms with Crippen molar-refractivity contribution in [1.29, 1.82) is 0 Å². The average molecular weight is 719 g/mol. The molecular weight excluding hydrogens is 661 g/mol. The Balaban J connectivity index is 1.72. The van der Waals surface area contributed by atoms with Crippen molar-refractivity contribution in [2.75, 3.05) is 32.4 Å². The van der Waals surface area contributed by atoms with Crippen molar-refractivity contribution in [1.82, 2.24) is 0 Å². The van der Waals surface area contributed by atoms with E-state index in [-0.39, 0.29) is 18.2 Å². The van der Waals surface area contributed by atoms with Crippen molar-refractivity contribution < 1.29 is 19.0 Å². The third-order valence-electron chi connectivity index (χ3n) is 9.92. The second kappa shape index (κ2) is 15.0. The monoisotopic (exact) mass is 718 g/mol. The number of aliphatic imine (C=N–C) groups is 1. The number of esters is 1. The Labute approximate surface area is 313 Å². The Hall–Kier alpha value is -4.20. The number of allylic oxidation sites excluding steroid dienone is 5. The van der Waals surface area contributed by atoms with E-state index in [1.54, 1.807) is 7.11 Å². The van der Waals surface area contributed by atoms with Crippen molar-refractivity contribution in [3.8, 4) is 5.75 Å². The lowest BCUT2D eigenvalue weighted by atomic mass is 9.78. The summed E-state index contributed by atoms with van der Waals surface area (Å²) in [6, 6.07) is 21.1. The highest BCUT2D eigenvalue weighted by Crippen LogP contribution is 2.45. The van der Waals surface area contributed by atoms with Crippen LogP contribution < -0.4 is 14.8 Å². The first-order valence-electron chi connectivity index (χ1n) is 18.5. The van der Waals surface area contributed by atoms with Gasteiger partial charge < -0.3 is 19.1 Å². The van der Waals surface area contributed by atoms with Gasteiger partial charge in [0.05, 0.1) is 11.3 Å². The first kappa shape index (κ1) is 39.0. The van der Waals surface area contributed by atoms with Crippen LogP contribution in [0.25, 0.3) is 5.57 Å². The molecule has 0 N–H and O–H groups in total. The van der Waals surface area contributed by atoms with Gasteiger partial charge in [-0.1, -0.05) is 52.9 Å². The minimum atomic E-state index is -2.26. The van der Waals surface area contributed by atoms with E-state index in [2.05, 4.69) is 115 Å². The van der Waals surface area contributed by atoms with Crippen LogP contribution in [0.15, 0.2) is 94.2 Å². The highest BCUT2D eigenvalue weighted by Gasteiger charge is 2.41. The van der Waals surface area contributed by atoms with E-state index in [0.717, 1.165) is 46.9 Å². The molecule has 2 aliphatic rings. The summed E-state index contributed by atoms with van der Waals surface area (Å²) in [6.07, 6.45) is 5.94. The summed E-state index contributed by atoms with van der Waals surface area (Å²) in [5, 5.41) is 2.77. The maximum absolute atomic E-state index is 13.1. The number of benzene rings is 3. The summed E-state index contributed by atoms with van der Waals surface area (Å²) in [5.41, 5.74) is 10.7. The zero-order valence-electron chi connectivity index (χ0n) is 33.7. The Kier molecular flexibility index (Phi) is 11.3. The first-order valence-corrected chi connectivity index (χ1v) is 21.5. The molecule has 0 radical (unpaired) electrons. The molecule has 3 aromatic rings. The molecule has 5 rings (SSSR count). The van der Waals surface area contributed by atoms with E-state index in [9.17, 15) is 4.79 Å². The molecule has 1 aliphatic heterocycles. The van der Waals surface area contributed by atoms with Crippen LogP contribution in [-0.2, 0) is 9.47 Å². The summed E-state index contributed by atoms with van der Waals surface area (Å²) in [4.78, 5) is 20.5. The third kappa shape index (κ3) is 8.37. The molecule has 0 spiro atoms. The van der Waals surface area contributed by atoms with Crippen molar-refractivity contribution in [2.45, 2.75) is 87.4 Å². The van der Waals surface area contributed by atoms with Gasteiger partial charge in [-0.05, 0) is 157 Å². The van der Waals surface area contributed by atoms with Crippen molar-refractivity contribution in [3.05, 3.63) is 111 Å². The van der Waals surface area contributed by atoms with Gasteiger partial charge in [-0.2, -0.15) is 0 Å². The molecule has 7 heteroatoms. The number of carbonyl (C=O) groups is 1. The summed E-state index contributed by atoms with van der Waals surface area (Å²) < 4.78 is 16.5. The molecular formula is C45H58N2O4Si. The van der Waals surface area contributed by atoms with E-state index in [1.165, 1.54) is 32.7 Å². The van der Waals surface area contributed by atoms with Gasteiger partial charge in [0.15, 0.2) is 6.79 Å². The number of hydrogen-bond acceptors (Lipinski definition) is 6. The predicted octanol–water partition coefficient (Wildman–Crippen LogP) is 10.4. The fourth-order valence-corrected chi connectivity index (χ4v) is 10.6. The number of carbonyl (C=O) groups excluding carboxylic acids is 1. The molecule has 6 nitrogen and oxygen atoms in total. The largest absolute Gasteiger partial charge is 0.468 e. The zero-order valence-corrected chi connectivity index (χ0v) is 34.7. The highest BCUT2D eigenvalue weighted by molar-refractivity contribution is 6.98. The van der Waals surface area contributed by atoms with Gasteiger partial charge in [-0.25, -0.2) is 4.79 Å². The lowest BCUT2D eigenvalue weighted by Gasteiger charge is -2.40. The van der Waals surface area contributed by atoms with Crippen LogP contribution in [0.2, 0.25) is 13.1 Å². The van der Waals surface area contributed by atoms with Crippen LogP contribution in [-0.4, -0.2) is 52.9 Å². The van der Waals surface area contributed by atoms with Crippen LogP contribution in [0.1, 0.15) is 88.9 Å². The Bertz CT molecular complexity index is 1950. The fourth-order valence-electron chi connectivity index (χ4n) is 7.57. The lowest BCUT2D eigenvalue weighted by Crippen LogP contribution is -2.50. The third-order valence-corrected chi connectivity index (χ3v) is 13.4. The van der Waals surface area contributed by atoms with Crippen LogP contribution in [0.4, 0.5) is 11.4 Å². The van der Waals surface area contributed by atoms with Crippen molar-refractivity contribution in [2.24, 2.45) is 16.3 Å². The van der Waals surface area contributed by atoms with Gasteiger partial charge >= 0.3 is 5.97 Å². The number of aryl methyl sites for hydroxylation is 1. The Morgan fingerprint density at radius 2 is 1.56 bits per heavy atom.